The highest BCUT2D eigenvalue weighted by atomic mass is 16.2. The van der Waals surface area contributed by atoms with E-state index in [2.05, 4.69) is 39.7 Å². The van der Waals surface area contributed by atoms with E-state index in [1.165, 1.54) is 12.8 Å². The monoisotopic (exact) mass is 317 g/mol. The van der Waals surface area contributed by atoms with Crippen LogP contribution in [0, 0.1) is 5.92 Å². The fourth-order valence-corrected chi connectivity index (χ4v) is 3.29. The molecule has 23 heavy (non-hydrogen) atoms. The third-order valence-electron chi connectivity index (χ3n) is 4.61. The minimum atomic E-state index is 0.278. The molecule has 3 rings (SSSR count). The Morgan fingerprint density at radius 1 is 1.00 bits per heavy atom. The van der Waals surface area contributed by atoms with Gasteiger partial charge in [0.1, 0.15) is 18.0 Å². The van der Waals surface area contributed by atoms with Crippen LogP contribution in [0.25, 0.3) is 0 Å². The zero-order valence-electron chi connectivity index (χ0n) is 14.2. The van der Waals surface area contributed by atoms with Crippen LogP contribution < -0.4 is 9.80 Å². The summed E-state index contributed by atoms with van der Waals surface area (Å²) >= 11 is 0. The van der Waals surface area contributed by atoms with Crippen molar-refractivity contribution in [1.82, 2.24) is 14.9 Å². The minimum absolute atomic E-state index is 0.278. The van der Waals surface area contributed by atoms with Crippen molar-refractivity contribution < 1.29 is 4.79 Å². The van der Waals surface area contributed by atoms with Crippen LogP contribution in [0.2, 0.25) is 0 Å². The number of rotatable bonds is 4. The highest BCUT2D eigenvalue weighted by molar-refractivity contribution is 5.76. The largest absolute Gasteiger partial charge is 0.356 e. The van der Waals surface area contributed by atoms with Crippen molar-refractivity contribution >= 4 is 17.5 Å². The number of piperazine rings is 1. The van der Waals surface area contributed by atoms with E-state index in [1.807, 2.05) is 4.90 Å². The molecule has 0 atom stereocenters. The number of carbonyl (C=O) groups is 1. The van der Waals surface area contributed by atoms with Crippen molar-refractivity contribution in [2.45, 2.75) is 33.1 Å². The molecule has 3 heterocycles. The van der Waals surface area contributed by atoms with Gasteiger partial charge in [0, 0.05) is 51.8 Å². The maximum Gasteiger partial charge on any atom is 0.222 e. The number of amides is 1. The van der Waals surface area contributed by atoms with E-state index < -0.39 is 0 Å². The molecule has 0 aromatic carbocycles. The number of nitrogens with zero attached hydrogens (tertiary/aromatic N) is 5. The van der Waals surface area contributed by atoms with Crippen LogP contribution in [0.4, 0.5) is 11.6 Å². The summed E-state index contributed by atoms with van der Waals surface area (Å²) in [5, 5.41) is 0. The minimum Gasteiger partial charge on any atom is -0.356 e. The van der Waals surface area contributed by atoms with Crippen molar-refractivity contribution in [2.24, 2.45) is 5.92 Å². The fourth-order valence-electron chi connectivity index (χ4n) is 3.29. The molecule has 1 aromatic heterocycles. The summed E-state index contributed by atoms with van der Waals surface area (Å²) in [5.41, 5.74) is 0. The van der Waals surface area contributed by atoms with Crippen LogP contribution in [0.3, 0.4) is 0 Å². The summed E-state index contributed by atoms with van der Waals surface area (Å²) < 4.78 is 0. The maximum atomic E-state index is 12.2. The molecular weight excluding hydrogens is 290 g/mol. The van der Waals surface area contributed by atoms with Crippen LogP contribution >= 0.6 is 0 Å². The molecule has 2 aliphatic rings. The molecule has 0 saturated carbocycles. The van der Waals surface area contributed by atoms with E-state index in [0.29, 0.717) is 12.3 Å². The molecule has 0 unspecified atom stereocenters. The predicted molar refractivity (Wildman–Crippen MR) is 91.7 cm³/mol. The molecule has 126 valence electrons. The third kappa shape index (κ3) is 3.92. The average Bonchev–Trinajstić information content (AvgIpc) is 3.09. The quantitative estimate of drug-likeness (QED) is 0.847. The van der Waals surface area contributed by atoms with E-state index in [1.54, 1.807) is 6.33 Å². The predicted octanol–water partition coefficient (Wildman–Crippen LogP) is 1.77. The lowest BCUT2D eigenvalue weighted by Gasteiger charge is -2.36. The Morgan fingerprint density at radius 3 is 2.13 bits per heavy atom. The van der Waals surface area contributed by atoms with E-state index in [4.69, 9.17) is 0 Å². The lowest BCUT2D eigenvalue weighted by molar-refractivity contribution is -0.132. The molecule has 0 spiro atoms. The molecule has 2 aliphatic heterocycles. The van der Waals surface area contributed by atoms with Gasteiger partial charge in [0.2, 0.25) is 5.91 Å². The topological polar surface area (TPSA) is 52.6 Å². The summed E-state index contributed by atoms with van der Waals surface area (Å²) in [7, 11) is 0. The van der Waals surface area contributed by atoms with Gasteiger partial charge in [-0.25, -0.2) is 9.97 Å². The van der Waals surface area contributed by atoms with Gasteiger partial charge in [0.25, 0.3) is 0 Å². The zero-order chi connectivity index (χ0) is 16.2. The van der Waals surface area contributed by atoms with Gasteiger partial charge in [-0.05, 0) is 18.8 Å². The molecular formula is C17H27N5O. The van der Waals surface area contributed by atoms with Gasteiger partial charge >= 0.3 is 0 Å². The van der Waals surface area contributed by atoms with E-state index in [-0.39, 0.29) is 5.91 Å². The van der Waals surface area contributed by atoms with Crippen molar-refractivity contribution in [3.63, 3.8) is 0 Å². The number of carbonyl (C=O) groups excluding carboxylic acids is 1. The number of hydrogen-bond acceptors (Lipinski definition) is 5. The molecule has 0 bridgehead atoms. The second kappa shape index (κ2) is 7.15. The first-order valence-electron chi connectivity index (χ1n) is 8.73. The van der Waals surface area contributed by atoms with Gasteiger partial charge in [-0.2, -0.15) is 0 Å². The number of aromatic nitrogens is 2. The Kier molecular flexibility index (Phi) is 4.98. The lowest BCUT2D eigenvalue weighted by atomic mass is 10.1. The first kappa shape index (κ1) is 16.0. The van der Waals surface area contributed by atoms with Gasteiger partial charge < -0.3 is 14.7 Å². The standard InChI is InChI=1S/C17H27N5O/c1-14(2)11-17(23)22-9-7-21(8-10-22)16-12-15(18-13-19-16)20-5-3-4-6-20/h12-14H,3-11H2,1-2H3. The van der Waals surface area contributed by atoms with Crippen LogP contribution in [0.5, 0.6) is 0 Å². The van der Waals surface area contributed by atoms with Crippen LogP contribution in [-0.4, -0.2) is 60.0 Å². The van der Waals surface area contributed by atoms with Gasteiger partial charge in [-0.3, -0.25) is 4.79 Å². The average molecular weight is 317 g/mol. The molecule has 2 fully saturated rings. The molecule has 1 aromatic rings. The first-order chi connectivity index (χ1) is 11.1. The Hall–Kier alpha value is -1.85. The van der Waals surface area contributed by atoms with Crippen molar-refractivity contribution in [2.75, 3.05) is 49.1 Å². The molecule has 2 saturated heterocycles. The molecule has 6 heteroatoms. The smallest absolute Gasteiger partial charge is 0.222 e. The van der Waals surface area contributed by atoms with Gasteiger partial charge in [-0.1, -0.05) is 13.8 Å². The summed E-state index contributed by atoms with van der Waals surface area (Å²) in [4.78, 5) is 27.6. The summed E-state index contributed by atoms with van der Waals surface area (Å²) in [6, 6.07) is 2.09. The molecule has 0 radical (unpaired) electrons. The van der Waals surface area contributed by atoms with Crippen LogP contribution in [0.15, 0.2) is 12.4 Å². The van der Waals surface area contributed by atoms with Gasteiger partial charge in [-0.15, -0.1) is 0 Å². The lowest BCUT2D eigenvalue weighted by Crippen LogP contribution is -2.49. The fraction of sp³-hybridized carbons (Fsp3) is 0.706. The van der Waals surface area contributed by atoms with E-state index in [9.17, 15) is 4.79 Å². The summed E-state index contributed by atoms with van der Waals surface area (Å²) in [6.07, 6.45) is 4.80. The van der Waals surface area contributed by atoms with Crippen molar-refractivity contribution in [1.29, 1.82) is 0 Å². The second-order valence-corrected chi connectivity index (χ2v) is 6.89. The second-order valence-electron chi connectivity index (χ2n) is 6.89. The summed E-state index contributed by atoms with van der Waals surface area (Å²) in [5.74, 6) is 2.72. The Morgan fingerprint density at radius 2 is 1.57 bits per heavy atom. The number of anilines is 2. The number of hydrogen-bond donors (Lipinski definition) is 0. The van der Waals surface area contributed by atoms with Gasteiger partial charge in [0.05, 0.1) is 0 Å². The van der Waals surface area contributed by atoms with Crippen molar-refractivity contribution in [3.05, 3.63) is 12.4 Å². The third-order valence-corrected chi connectivity index (χ3v) is 4.61. The molecule has 6 nitrogen and oxygen atoms in total. The Balaban J connectivity index is 1.59. The highest BCUT2D eigenvalue weighted by Gasteiger charge is 2.23. The SMILES string of the molecule is CC(C)CC(=O)N1CCN(c2cc(N3CCCC3)ncn2)CC1. The zero-order valence-corrected chi connectivity index (χ0v) is 14.2. The first-order valence-corrected chi connectivity index (χ1v) is 8.73. The van der Waals surface area contributed by atoms with E-state index in [0.717, 1.165) is 50.9 Å². The Bertz CT molecular complexity index is 534. The van der Waals surface area contributed by atoms with Crippen LogP contribution in [0.1, 0.15) is 33.1 Å². The Labute approximate surface area is 138 Å². The highest BCUT2D eigenvalue weighted by Crippen LogP contribution is 2.22. The van der Waals surface area contributed by atoms with E-state index >= 15 is 0 Å². The molecule has 0 aliphatic carbocycles. The molecule has 0 N–H and O–H groups in total. The molecule has 1 amide bonds. The maximum absolute atomic E-state index is 12.2. The van der Waals surface area contributed by atoms with Crippen LogP contribution in [-0.2, 0) is 4.79 Å². The normalized spacial score (nSPS) is 18.8. The summed E-state index contributed by atoms with van der Waals surface area (Å²) in [6.45, 7) is 9.63. The van der Waals surface area contributed by atoms with Crippen molar-refractivity contribution in [3.8, 4) is 0 Å². The van der Waals surface area contributed by atoms with Gasteiger partial charge in [0.15, 0.2) is 0 Å².